The zero-order chi connectivity index (χ0) is 28.7. The van der Waals surface area contributed by atoms with Gasteiger partial charge in [-0.2, -0.15) is 0 Å². The number of carbonyl (C=O) groups is 3. The number of nitrogens with two attached hydrogens (primary N) is 1. The molecule has 7 N–H and O–H groups in total. The first-order chi connectivity index (χ1) is 18.9. The number of fused-ring (bicyclic) bond motifs is 4. The number of hydrogen-bond donors (Lipinski definition) is 6. The predicted octanol–water partition coefficient (Wildman–Crippen LogP) is 1.92. The number of primary amides is 1. The van der Waals surface area contributed by atoms with E-state index in [0.29, 0.717) is 23.5 Å². The highest BCUT2D eigenvalue weighted by Gasteiger charge is 2.63. The smallest absolute Gasteiger partial charge is 0.255 e. The van der Waals surface area contributed by atoms with Crippen LogP contribution in [0, 0.1) is 11.8 Å². The summed E-state index contributed by atoms with van der Waals surface area (Å²) in [7, 11) is 3.21. The van der Waals surface area contributed by atoms with Gasteiger partial charge in [0.05, 0.1) is 11.6 Å². The van der Waals surface area contributed by atoms with E-state index in [4.69, 9.17) is 5.73 Å². The van der Waals surface area contributed by atoms with Crippen LogP contribution in [0.1, 0.15) is 47.2 Å². The molecule has 4 aliphatic rings. The lowest BCUT2D eigenvalue weighted by atomic mass is 9.58. The Labute approximate surface area is 230 Å². The molecule has 0 aromatic heterocycles. The third-order valence-electron chi connectivity index (χ3n) is 9.29. The van der Waals surface area contributed by atoms with Gasteiger partial charge in [-0.05, 0) is 68.3 Å². The van der Waals surface area contributed by atoms with Gasteiger partial charge in [0.15, 0.2) is 11.4 Å². The van der Waals surface area contributed by atoms with Crippen LogP contribution in [0.2, 0.25) is 0 Å². The third kappa shape index (κ3) is 3.63. The van der Waals surface area contributed by atoms with Crippen molar-refractivity contribution in [2.75, 3.05) is 14.1 Å². The molecule has 10 nitrogen and oxygen atoms in total. The Kier molecular flexibility index (Phi) is 6.06. The molecule has 0 unspecified atom stereocenters. The Hall–Kier alpha value is -3.73. The largest absolute Gasteiger partial charge is 0.510 e. The highest BCUT2D eigenvalue weighted by Crippen LogP contribution is 2.52. The molecule has 0 heterocycles. The van der Waals surface area contributed by atoms with E-state index >= 15 is 0 Å². The van der Waals surface area contributed by atoms with Gasteiger partial charge in [-0.1, -0.05) is 24.6 Å². The first-order valence-corrected chi connectivity index (χ1v) is 13.6. The molecule has 4 aliphatic carbocycles. The van der Waals surface area contributed by atoms with E-state index in [1.54, 1.807) is 14.1 Å². The standard InChI is InChI=1S/C30H33N3O7/c1-33(2)23-19-11-16-10-15-9-14-7-6-13(12-32-17-4-3-5-17)8-18(14)24(34)20(15)25(35)21(16)27(37)30(19,40)28(38)22(26(23)36)29(31)39/h6-9,16-17,19,23,32,34,36-37,40H,3-5,10-12H2,1-2H3,(H2,31,39)/t16-,19-,23-,30-/m0/s1. The summed E-state index contributed by atoms with van der Waals surface area (Å²) in [5.41, 5.74) is 3.36. The van der Waals surface area contributed by atoms with Gasteiger partial charge in [0, 0.05) is 29.5 Å². The van der Waals surface area contributed by atoms with Gasteiger partial charge in [-0.15, -0.1) is 0 Å². The molecule has 40 heavy (non-hydrogen) atoms. The second-order valence-corrected chi connectivity index (χ2v) is 11.8. The Morgan fingerprint density at radius 2 is 1.88 bits per heavy atom. The maximum atomic E-state index is 13.9. The summed E-state index contributed by atoms with van der Waals surface area (Å²) in [6, 6.07) is 7.08. The number of ketones is 2. The van der Waals surface area contributed by atoms with E-state index < -0.39 is 58.0 Å². The first-order valence-electron chi connectivity index (χ1n) is 13.6. The Bertz CT molecular complexity index is 1550. The normalized spacial score (nSPS) is 28.4. The lowest BCUT2D eigenvalue weighted by Crippen LogP contribution is -2.63. The van der Waals surface area contributed by atoms with Crippen LogP contribution in [0.15, 0.2) is 46.9 Å². The number of aromatic hydroxyl groups is 1. The summed E-state index contributed by atoms with van der Waals surface area (Å²) in [5, 5.41) is 50.1. The highest BCUT2D eigenvalue weighted by molar-refractivity contribution is 6.25. The Morgan fingerprint density at radius 1 is 1.15 bits per heavy atom. The zero-order valence-corrected chi connectivity index (χ0v) is 22.4. The van der Waals surface area contributed by atoms with Gasteiger partial charge in [-0.25, -0.2) is 0 Å². The molecule has 0 aliphatic heterocycles. The maximum Gasteiger partial charge on any atom is 0.255 e. The number of amides is 1. The first kappa shape index (κ1) is 26.5. The minimum atomic E-state index is -2.64. The summed E-state index contributed by atoms with van der Waals surface area (Å²) in [6.07, 6.45) is 3.83. The molecule has 0 saturated heterocycles. The highest BCUT2D eigenvalue weighted by atomic mass is 16.3. The number of hydrogen-bond acceptors (Lipinski definition) is 9. The van der Waals surface area contributed by atoms with Crippen LogP contribution >= 0.6 is 0 Å². The van der Waals surface area contributed by atoms with Crippen molar-refractivity contribution in [1.82, 2.24) is 10.2 Å². The van der Waals surface area contributed by atoms with E-state index in [2.05, 4.69) is 5.32 Å². The van der Waals surface area contributed by atoms with Crippen molar-refractivity contribution in [3.05, 3.63) is 63.6 Å². The van der Waals surface area contributed by atoms with Crippen molar-refractivity contribution >= 4 is 28.2 Å². The Morgan fingerprint density at radius 3 is 2.50 bits per heavy atom. The number of likely N-dealkylation sites (N-methyl/N-ethyl adjacent to an activating group) is 1. The molecule has 210 valence electrons. The number of nitrogens with one attached hydrogen (secondary N) is 1. The van der Waals surface area contributed by atoms with Gasteiger partial charge < -0.3 is 31.5 Å². The molecule has 0 spiro atoms. The van der Waals surface area contributed by atoms with Crippen molar-refractivity contribution in [3.63, 3.8) is 0 Å². The summed E-state index contributed by atoms with van der Waals surface area (Å²) < 4.78 is 0. The van der Waals surface area contributed by atoms with Gasteiger partial charge in [0.1, 0.15) is 22.8 Å². The van der Waals surface area contributed by atoms with Crippen molar-refractivity contribution in [3.8, 4) is 5.75 Å². The van der Waals surface area contributed by atoms with Crippen LogP contribution in [0.5, 0.6) is 5.75 Å². The third-order valence-corrected chi connectivity index (χ3v) is 9.29. The molecule has 10 heteroatoms. The molecular formula is C30H33N3O7. The number of Topliss-reactive ketones (excluding diaryl/α,β-unsaturated/α-hetero) is 2. The van der Waals surface area contributed by atoms with E-state index in [0.717, 1.165) is 23.8 Å². The number of allylic oxidation sites excluding steroid dienone is 1. The number of rotatable bonds is 5. The summed E-state index contributed by atoms with van der Waals surface area (Å²) in [5.74, 6) is -6.45. The summed E-state index contributed by atoms with van der Waals surface area (Å²) >= 11 is 0. The van der Waals surface area contributed by atoms with Gasteiger partial charge in [-0.3, -0.25) is 19.3 Å². The molecule has 2 aromatic rings. The minimum absolute atomic E-state index is 0.0254. The van der Waals surface area contributed by atoms with E-state index in [1.807, 2.05) is 24.3 Å². The summed E-state index contributed by atoms with van der Waals surface area (Å²) in [6.45, 7) is 0.630. The van der Waals surface area contributed by atoms with Crippen LogP contribution in [-0.2, 0) is 22.6 Å². The molecule has 1 saturated carbocycles. The van der Waals surface area contributed by atoms with Crippen LogP contribution in [0.25, 0.3) is 10.8 Å². The fourth-order valence-electron chi connectivity index (χ4n) is 7.05. The molecule has 2 aromatic carbocycles. The number of phenols is 1. The average molecular weight is 548 g/mol. The quantitative estimate of drug-likeness (QED) is 0.306. The molecule has 6 rings (SSSR count). The van der Waals surface area contributed by atoms with E-state index in [-0.39, 0.29) is 29.7 Å². The van der Waals surface area contributed by atoms with Crippen LogP contribution in [0.4, 0.5) is 0 Å². The molecule has 0 radical (unpaired) electrons. The van der Waals surface area contributed by atoms with Crippen LogP contribution in [-0.4, -0.2) is 74.6 Å². The lowest BCUT2D eigenvalue weighted by Gasteiger charge is -2.50. The predicted molar refractivity (Wildman–Crippen MR) is 146 cm³/mol. The van der Waals surface area contributed by atoms with Crippen molar-refractivity contribution in [1.29, 1.82) is 0 Å². The van der Waals surface area contributed by atoms with Crippen LogP contribution in [0.3, 0.4) is 0 Å². The second-order valence-electron chi connectivity index (χ2n) is 11.8. The number of benzene rings is 2. The number of nitrogens with zero attached hydrogens (tertiary/aromatic N) is 1. The Balaban J connectivity index is 1.46. The molecule has 1 fully saturated rings. The fourth-order valence-corrected chi connectivity index (χ4v) is 7.05. The van der Waals surface area contributed by atoms with Gasteiger partial charge >= 0.3 is 0 Å². The van der Waals surface area contributed by atoms with E-state index in [9.17, 15) is 34.8 Å². The average Bonchev–Trinajstić information content (AvgIpc) is 2.85. The lowest BCUT2D eigenvalue weighted by molar-refractivity contribution is -0.148. The van der Waals surface area contributed by atoms with E-state index in [1.165, 1.54) is 11.3 Å². The zero-order valence-electron chi connectivity index (χ0n) is 22.4. The SMILES string of the molecule is CN(C)[C@@H]1C(O)=C(C(N)=O)C(=O)[C@@]2(O)C(O)=C3C(=O)c4c(cc5ccc(CNC6CCC6)cc5c4O)C[C@H]3C[C@@H]12. The number of aliphatic hydroxyl groups excluding tert-OH is 2. The fraction of sp³-hybridized carbons (Fsp3) is 0.433. The topological polar surface area (TPSA) is 173 Å². The number of aliphatic hydroxyl groups is 3. The number of carbonyl (C=O) groups excluding carboxylic acids is 3. The molecular weight excluding hydrogens is 514 g/mol. The van der Waals surface area contributed by atoms with Gasteiger partial charge in [0.2, 0.25) is 5.78 Å². The van der Waals surface area contributed by atoms with Gasteiger partial charge in [0.25, 0.3) is 5.91 Å². The summed E-state index contributed by atoms with van der Waals surface area (Å²) in [4.78, 5) is 41.0. The molecule has 0 bridgehead atoms. The van der Waals surface area contributed by atoms with Crippen molar-refractivity contribution < 1.29 is 34.8 Å². The molecule has 1 amide bonds. The van der Waals surface area contributed by atoms with Crippen molar-refractivity contribution in [2.24, 2.45) is 17.6 Å². The monoisotopic (exact) mass is 547 g/mol. The second kappa shape index (κ2) is 9.15. The van der Waals surface area contributed by atoms with Crippen molar-refractivity contribution in [2.45, 2.75) is 56.3 Å². The maximum absolute atomic E-state index is 13.9. The number of phenolic OH excluding ortho intramolecular Hbond substituents is 1. The minimum Gasteiger partial charge on any atom is -0.510 e. The molecule has 4 atom stereocenters. The van der Waals surface area contributed by atoms with Crippen LogP contribution < -0.4 is 11.1 Å².